The van der Waals surface area contributed by atoms with Crippen molar-refractivity contribution in [1.82, 2.24) is 15.5 Å². The van der Waals surface area contributed by atoms with Gasteiger partial charge in [-0.05, 0) is 38.5 Å². The summed E-state index contributed by atoms with van der Waals surface area (Å²) in [6.07, 6.45) is 0. The Morgan fingerprint density at radius 2 is 1.52 bits per heavy atom. The van der Waals surface area contributed by atoms with Crippen LogP contribution in [0.25, 0.3) is 0 Å². The maximum Gasteiger partial charge on any atom is 0.317 e. The highest BCUT2D eigenvalue weighted by molar-refractivity contribution is 7.91. The van der Waals surface area contributed by atoms with Gasteiger partial charge in [-0.1, -0.05) is 48.5 Å². The van der Waals surface area contributed by atoms with Crippen LogP contribution in [0.15, 0.2) is 65.6 Å². The van der Waals surface area contributed by atoms with Crippen LogP contribution in [-0.4, -0.2) is 50.8 Å². The molecule has 0 heterocycles. The van der Waals surface area contributed by atoms with Gasteiger partial charge in [0.15, 0.2) is 9.84 Å². The molecule has 0 radical (unpaired) electrons. The largest absolute Gasteiger partial charge is 0.336 e. The number of sulfone groups is 1. The number of carbonyl (C=O) groups is 1. The number of carbonyl (C=O) groups excluding carboxylic acids is 1. The van der Waals surface area contributed by atoms with E-state index in [4.69, 9.17) is 0 Å². The van der Waals surface area contributed by atoms with Crippen molar-refractivity contribution in [2.75, 3.05) is 25.4 Å². The Kier molecular flexibility index (Phi) is 8.67. The lowest BCUT2D eigenvalue weighted by atomic mass is 10.1. The second-order valence-corrected chi connectivity index (χ2v) is 9.42. The SMILES string of the molecule is CC(C)NC(=O)N(CCNC(C)c1ccccc1)CCS(=O)(=O)c1ccccc1. The quantitative estimate of drug-likeness (QED) is 0.622. The van der Waals surface area contributed by atoms with E-state index in [9.17, 15) is 13.2 Å². The number of nitrogens with zero attached hydrogens (tertiary/aromatic N) is 1. The van der Waals surface area contributed by atoms with Crippen LogP contribution < -0.4 is 10.6 Å². The van der Waals surface area contributed by atoms with Gasteiger partial charge in [0.25, 0.3) is 0 Å². The van der Waals surface area contributed by atoms with Crippen molar-refractivity contribution in [1.29, 1.82) is 0 Å². The van der Waals surface area contributed by atoms with Crippen LogP contribution in [0.2, 0.25) is 0 Å². The van der Waals surface area contributed by atoms with E-state index in [1.165, 1.54) is 0 Å². The van der Waals surface area contributed by atoms with Crippen LogP contribution in [0.3, 0.4) is 0 Å². The molecule has 1 unspecified atom stereocenters. The average Bonchev–Trinajstić information content (AvgIpc) is 2.71. The number of amides is 2. The fraction of sp³-hybridized carbons (Fsp3) is 0.409. The van der Waals surface area contributed by atoms with Crippen molar-refractivity contribution in [2.45, 2.75) is 37.8 Å². The zero-order valence-electron chi connectivity index (χ0n) is 17.3. The molecule has 2 aromatic carbocycles. The third-order valence-corrected chi connectivity index (χ3v) is 6.27. The van der Waals surface area contributed by atoms with Crippen LogP contribution in [0.1, 0.15) is 32.4 Å². The normalized spacial score (nSPS) is 12.6. The van der Waals surface area contributed by atoms with Crippen molar-refractivity contribution in [3.8, 4) is 0 Å². The molecule has 6 nitrogen and oxygen atoms in total. The Bertz CT molecular complexity index is 855. The number of urea groups is 1. The van der Waals surface area contributed by atoms with Crippen LogP contribution in [0.5, 0.6) is 0 Å². The minimum atomic E-state index is -3.44. The second-order valence-electron chi connectivity index (χ2n) is 7.31. The minimum absolute atomic E-state index is 0.0214. The molecule has 0 saturated heterocycles. The van der Waals surface area contributed by atoms with Gasteiger partial charge in [-0.2, -0.15) is 0 Å². The van der Waals surface area contributed by atoms with Gasteiger partial charge in [0.2, 0.25) is 0 Å². The van der Waals surface area contributed by atoms with Crippen LogP contribution in [0.4, 0.5) is 4.79 Å². The highest BCUT2D eigenvalue weighted by Gasteiger charge is 2.20. The summed E-state index contributed by atoms with van der Waals surface area (Å²) in [4.78, 5) is 14.4. The van der Waals surface area contributed by atoms with Crippen LogP contribution in [-0.2, 0) is 9.84 Å². The van der Waals surface area contributed by atoms with E-state index < -0.39 is 9.84 Å². The zero-order chi connectivity index (χ0) is 21.3. The third-order valence-electron chi connectivity index (χ3n) is 4.56. The Hall–Kier alpha value is -2.38. The molecule has 0 aliphatic rings. The van der Waals surface area contributed by atoms with Gasteiger partial charge < -0.3 is 15.5 Å². The molecule has 2 aromatic rings. The summed E-state index contributed by atoms with van der Waals surface area (Å²) in [5.41, 5.74) is 1.16. The Morgan fingerprint density at radius 1 is 0.931 bits per heavy atom. The number of nitrogens with one attached hydrogen (secondary N) is 2. The van der Waals surface area contributed by atoms with E-state index >= 15 is 0 Å². The summed E-state index contributed by atoms with van der Waals surface area (Å²) in [7, 11) is -3.44. The molecular formula is C22H31N3O3S. The molecule has 2 N–H and O–H groups in total. The lowest BCUT2D eigenvalue weighted by molar-refractivity contribution is 0.198. The molecule has 2 amide bonds. The molecule has 29 heavy (non-hydrogen) atoms. The molecular weight excluding hydrogens is 386 g/mol. The highest BCUT2D eigenvalue weighted by Crippen LogP contribution is 2.12. The number of rotatable bonds is 10. The molecule has 7 heteroatoms. The summed E-state index contributed by atoms with van der Waals surface area (Å²) < 4.78 is 25.1. The first-order valence-electron chi connectivity index (χ1n) is 9.91. The summed E-state index contributed by atoms with van der Waals surface area (Å²) in [5.74, 6) is -0.114. The van der Waals surface area contributed by atoms with Gasteiger partial charge in [0.1, 0.15) is 0 Å². The molecule has 0 spiro atoms. The van der Waals surface area contributed by atoms with E-state index in [0.717, 1.165) is 5.56 Å². The molecule has 2 rings (SSSR count). The van der Waals surface area contributed by atoms with Gasteiger partial charge in [0.05, 0.1) is 10.6 Å². The monoisotopic (exact) mass is 417 g/mol. The van der Waals surface area contributed by atoms with E-state index in [-0.39, 0.29) is 35.3 Å². The molecule has 0 aliphatic heterocycles. The molecule has 158 valence electrons. The molecule has 1 atom stereocenters. The van der Waals surface area contributed by atoms with Crippen LogP contribution in [0, 0.1) is 0 Å². The zero-order valence-corrected chi connectivity index (χ0v) is 18.2. The van der Waals surface area contributed by atoms with Crippen molar-refractivity contribution in [3.63, 3.8) is 0 Å². The third kappa shape index (κ3) is 7.51. The fourth-order valence-corrected chi connectivity index (χ4v) is 4.17. The maximum atomic E-state index is 12.6. The first kappa shape index (κ1) is 22.9. The van der Waals surface area contributed by atoms with Crippen molar-refractivity contribution >= 4 is 15.9 Å². The average molecular weight is 418 g/mol. The number of hydrogen-bond donors (Lipinski definition) is 2. The summed E-state index contributed by atoms with van der Waals surface area (Å²) >= 11 is 0. The molecule has 0 saturated carbocycles. The number of hydrogen-bond acceptors (Lipinski definition) is 4. The van der Waals surface area contributed by atoms with Crippen molar-refractivity contribution in [2.24, 2.45) is 0 Å². The first-order valence-corrected chi connectivity index (χ1v) is 11.6. The predicted molar refractivity (Wildman–Crippen MR) is 117 cm³/mol. The van der Waals surface area contributed by atoms with E-state index in [2.05, 4.69) is 17.6 Å². The predicted octanol–water partition coefficient (Wildman–Crippen LogP) is 3.23. The first-order chi connectivity index (χ1) is 13.8. The summed E-state index contributed by atoms with van der Waals surface area (Å²) in [6, 6.07) is 18.3. The Morgan fingerprint density at radius 3 is 2.10 bits per heavy atom. The number of benzene rings is 2. The standard InChI is InChI=1S/C22H31N3O3S/c1-18(2)24-22(26)25(15-14-23-19(3)20-10-6-4-7-11-20)16-17-29(27,28)21-12-8-5-9-13-21/h4-13,18-19,23H,14-17H2,1-3H3,(H,24,26). The lowest BCUT2D eigenvalue weighted by Crippen LogP contribution is -2.47. The molecule has 0 bridgehead atoms. The molecule has 0 aromatic heterocycles. The second kappa shape index (κ2) is 11.0. The van der Waals surface area contributed by atoms with Crippen molar-refractivity contribution < 1.29 is 13.2 Å². The lowest BCUT2D eigenvalue weighted by Gasteiger charge is -2.25. The summed E-state index contributed by atoms with van der Waals surface area (Å²) in [5, 5.41) is 6.25. The van der Waals surface area contributed by atoms with Gasteiger partial charge in [-0.15, -0.1) is 0 Å². The molecule has 0 aliphatic carbocycles. The Labute approximate surface area is 174 Å². The fourth-order valence-electron chi connectivity index (χ4n) is 2.90. The molecule has 0 fully saturated rings. The van der Waals surface area contributed by atoms with Gasteiger partial charge in [-0.3, -0.25) is 0 Å². The van der Waals surface area contributed by atoms with Gasteiger partial charge >= 0.3 is 6.03 Å². The van der Waals surface area contributed by atoms with Crippen LogP contribution >= 0.6 is 0 Å². The summed E-state index contributed by atoms with van der Waals surface area (Å²) in [6.45, 7) is 6.94. The van der Waals surface area contributed by atoms with E-state index in [1.54, 1.807) is 35.2 Å². The van der Waals surface area contributed by atoms with E-state index in [1.807, 2.05) is 44.2 Å². The highest BCUT2D eigenvalue weighted by atomic mass is 32.2. The minimum Gasteiger partial charge on any atom is -0.336 e. The van der Waals surface area contributed by atoms with Crippen molar-refractivity contribution in [3.05, 3.63) is 66.2 Å². The topological polar surface area (TPSA) is 78.5 Å². The van der Waals surface area contributed by atoms with Gasteiger partial charge in [-0.25, -0.2) is 13.2 Å². The smallest absolute Gasteiger partial charge is 0.317 e. The Balaban J connectivity index is 1.96. The maximum absolute atomic E-state index is 12.6. The van der Waals surface area contributed by atoms with E-state index in [0.29, 0.717) is 13.1 Å². The van der Waals surface area contributed by atoms with Gasteiger partial charge in [0, 0.05) is 31.7 Å².